The Hall–Kier alpha value is -2.49. The molecule has 0 saturated heterocycles. The van der Waals surface area contributed by atoms with Crippen LogP contribution in [0.15, 0.2) is 48.8 Å². The van der Waals surface area contributed by atoms with Crippen LogP contribution in [-0.2, 0) is 13.6 Å². The van der Waals surface area contributed by atoms with E-state index in [1.165, 1.54) is 5.52 Å². The number of nitrogens with zero attached hydrogens (tertiary/aromatic N) is 2. The van der Waals surface area contributed by atoms with Gasteiger partial charge in [-0.1, -0.05) is 13.8 Å². The van der Waals surface area contributed by atoms with Gasteiger partial charge in [0.15, 0.2) is 0 Å². The minimum absolute atomic E-state index is 0.0894. The lowest BCUT2D eigenvalue weighted by atomic mass is 10.2. The third-order valence-corrected chi connectivity index (χ3v) is 3.77. The fourth-order valence-corrected chi connectivity index (χ4v) is 2.72. The Morgan fingerprint density at radius 2 is 2.00 bits per heavy atom. The zero-order valence-corrected chi connectivity index (χ0v) is 13.2. The number of aromatic nitrogens is 2. The monoisotopic (exact) mass is 295 g/mol. The standard InChI is InChI=1S/C18H21N3O/c1-13(2)12-21-10-8-14-11-15(6-7-16(14)21)19-18(22)17-5-4-9-20(17)3/h4-11,13H,12H2,1-3H3,(H,19,22). The number of anilines is 1. The van der Waals surface area contributed by atoms with Crippen molar-refractivity contribution in [3.8, 4) is 0 Å². The molecule has 0 atom stereocenters. The Kier molecular flexibility index (Phi) is 3.75. The van der Waals surface area contributed by atoms with Gasteiger partial charge in [-0.25, -0.2) is 0 Å². The van der Waals surface area contributed by atoms with Gasteiger partial charge in [0, 0.05) is 42.6 Å². The predicted octanol–water partition coefficient (Wildman–Crippen LogP) is 3.89. The molecule has 114 valence electrons. The molecule has 3 aromatic rings. The van der Waals surface area contributed by atoms with Crippen molar-refractivity contribution in [2.45, 2.75) is 20.4 Å². The van der Waals surface area contributed by atoms with E-state index in [0.717, 1.165) is 17.6 Å². The number of aryl methyl sites for hydroxylation is 1. The largest absolute Gasteiger partial charge is 0.347 e. The van der Waals surface area contributed by atoms with Gasteiger partial charge in [0.05, 0.1) is 0 Å². The van der Waals surface area contributed by atoms with E-state index in [1.807, 2.05) is 42.1 Å². The molecule has 4 heteroatoms. The fraction of sp³-hybridized carbons (Fsp3) is 0.278. The van der Waals surface area contributed by atoms with Gasteiger partial charge in [-0.05, 0) is 42.3 Å². The highest BCUT2D eigenvalue weighted by molar-refractivity contribution is 6.04. The third-order valence-electron chi connectivity index (χ3n) is 3.77. The quantitative estimate of drug-likeness (QED) is 0.779. The maximum Gasteiger partial charge on any atom is 0.272 e. The maximum absolute atomic E-state index is 12.2. The summed E-state index contributed by atoms with van der Waals surface area (Å²) < 4.78 is 4.07. The van der Waals surface area contributed by atoms with E-state index >= 15 is 0 Å². The first-order valence-electron chi connectivity index (χ1n) is 7.56. The highest BCUT2D eigenvalue weighted by Crippen LogP contribution is 2.22. The molecule has 1 aromatic carbocycles. The number of hydrogen-bond donors (Lipinski definition) is 1. The van der Waals surface area contributed by atoms with Crippen LogP contribution in [0.3, 0.4) is 0 Å². The van der Waals surface area contributed by atoms with Gasteiger partial charge in [0.2, 0.25) is 0 Å². The molecule has 1 N–H and O–H groups in total. The summed E-state index contributed by atoms with van der Waals surface area (Å²) in [6, 6.07) is 11.8. The number of amides is 1. The predicted molar refractivity (Wildman–Crippen MR) is 90.1 cm³/mol. The van der Waals surface area contributed by atoms with Gasteiger partial charge in [-0.2, -0.15) is 0 Å². The Labute approximate surface area is 130 Å². The summed E-state index contributed by atoms with van der Waals surface area (Å²) in [5, 5.41) is 4.10. The van der Waals surface area contributed by atoms with Crippen molar-refractivity contribution in [1.82, 2.24) is 9.13 Å². The molecule has 22 heavy (non-hydrogen) atoms. The first kappa shape index (κ1) is 14.4. The molecule has 0 bridgehead atoms. The molecule has 0 fully saturated rings. The SMILES string of the molecule is CC(C)Cn1ccc2cc(NC(=O)c3cccn3C)ccc21. The zero-order chi connectivity index (χ0) is 15.7. The summed E-state index contributed by atoms with van der Waals surface area (Å²) in [5.74, 6) is 0.515. The minimum Gasteiger partial charge on any atom is -0.347 e. The van der Waals surface area contributed by atoms with E-state index < -0.39 is 0 Å². The molecule has 0 aliphatic rings. The van der Waals surface area contributed by atoms with Gasteiger partial charge in [-0.3, -0.25) is 4.79 Å². The second-order valence-electron chi connectivity index (χ2n) is 6.09. The number of fused-ring (bicyclic) bond motifs is 1. The van der Waals surface area contributed by atoms with Crippen molar-refractivity contribution in [3.05, 3.63) is 54.5 Å². The van der Waals surface area contributed by atoms with Gasteiger partial charge < -0.3 is 14.5 Å². The number of hydrogen-bond acceptors (Lipinski definition) is 1. The summed E-state index contributed by atoms with van der Waals surface area (Å²) in [5.41, 5.74) is 2.67. The summed E-state index contributed by atoms with van der Waals surface area (Å²) in [6.07, 6.45) is 3.97. The molecule has 0 saturated carbocycles. The number of rotatable bonds is 4. The summed E-state index contributed by atoms with van der Waals surface area (Å²) >= 11 is 0. The number of nitrogens with one attached hydrogen (secondary N) is 1. The normalized spacial score (nSPS) is 11.3. The lowest BCUT2D eigenvalue weighted by Gasteiger charge is -2.09. The van der Waals surface area contributed by atoms with Crippen molar-refractivity contribution in [2.75, 3.05) is 5.32 Å². The van der Waals surface area contributed by atoms with Crippen molar-refractivity contribution in [2.24, 2.45) is 13.0 Å². The van der Waals surface area contributed by atoms with Crippen LogP contribution in [-0.4, -0.2) is 15.0 Å². The highest BCUT2D eigenvalue weighted by Gasteiger charge is 2.10. The summed E-state index contributed by atoms with van der Waals surface area (Å²) in [7, 11) is 1.87. The van der Waals surface area contributed by atoms with Gasteiger partial charge in [0.1, 0.15) is 5.69 Å². The fourth-order valence-electron chi connectivity index (χ4n) is 2.72. The van der Waals surface area contributed by atoms with E-state index in [1.54, 1.807) is 0 Å². The maximum atomic E-state index is 12.2. The molecule has 2 aromatic heterocycles. The second kappa shape index (κ2) is 5.72. The average Bonchev–Trinajstić information content (AvgIpc) is 3.05. The van der Waals surface area contributed by atoms with Crippen molar-refractivity contribution >= 4 is 22.5 Å². The van der Waals surface area contributed by atoms with E-state index in [4.69, 9.17) is 0 Å². The first-order valence-corrected chi connectivity index (χ1v) is 7.56. The molecular formula is C18H21N3O. The summed E-state index contributed by atoms with van der Waals surface area (Å²) in [6.45, 7) is 5.42. The van der Waals surface area contributed by atoms with Crippen molar-refractivity contribution < 1.29 is 4.79 Å². The highest BCUT2D eigenvalue weighted by atomic mass is 16.1. The van der Waals surface area contributed by atoms with Crippen LogP contribution in [0.25, 0.3) is 10.9 Å². The van der Waals surface area contributed by atoms with E-state index in [0.29, 0.717) is 11.6 Å². The van der Waals surface area contributed by atoms with Crippen LogP contribution in [0.4, 0.5) is 5.69 Å². The van der Waals surface area contributed by atoms with E-state index in [2.05, 4.69) is 42.1 Å². The molecule has 2 heterocycles. The van der Waals surface area contributed by atoms with Crippen LogP contribution in [0, 0.1) is 5.92 Å². The molecule has 3 rings (SSSR count). The smallest absolute Gasteiger partial charge is 0.272 e. The first-order chi connectivity index (χ1) is 10.5. The molecule has 0 aliphatic carbocycles. The Balaban J connectivity index is 1.84. The lowest BCUT2D eigenvalue weighted by molar-refractivity contribution is 0.101. The molecule has 0 aliphatic heterocycles. The number of carbonyl (C=O) groups is 1. The Bertz CT molecular complexity index is 811. The third kappa shape index (κ3) is 2.77. The van der Waals surface area contributed by atoms with E-state index in [-0.39, 0.29) is 5.91 Å². The minimum atomic E-state index is -0.0894. The van der Waals surface area contributed by atoms with Crippen LogP contribution in [0.2, 0.25) is 0 Å². The Morgan fingerprint density at radius 3 is 2.68 bits per heavy atom. The molecule has 0 radical (unpaired) electrons. The second-order valence-corrected chi connectivity index (χ2v) is 6.09. The lowest BCUT2D eigenvalue weighted by Crippen LogP contribution is -2.15. The topological polar surface area (TPSA) is 39.0 Å². The van der Waals surface area contributed by atoms with Crippen LogP contribution in [0.1, 0.15) is 24.3 Å². The number of carbonyl (C=O) groups excluding carboxylic acids is 1. The molecule has 1 amide bonds. The molecule has 0 unspecified atom stereocenters. The van der Waals surface area contributed by atoms with Crippen LogP contribution < -0.4 is 5.32 Å². The van der Waals surface area contributed by atoms with Gasteiger partial charge in [0.25, 0.3) is 5.91 Å². The summed E-state index contributed by atoms with van der Waals surface area (Å²) in [4.78, 5) is 12.2. The zero-order valence-electron chi connectivity index (χ0n) is 13.2. The van der Waals surface area contributed by atoms with Crippen LogP contribution >= 0.6 is 0 Å². The van der Waals surface area contributed by atoms with Crippen molar-refractivity contribution in [3.63, 3.8) is 0 Å². The van der Waals surface area contributed by atoms with Crippen LogP contribution in [0.5, 0.6) is 0 Å². The molecule has 0 spiro atoms. The average molecular weight is 295 g/mol. The van der Waals surface area contributed by atoms with Gasteiger partial charge in [-0.15, -0.1) is 0 Å². The van der Waals surface area contributed by atoms with Crippen molar-refractivity contribution in [1.29, 1.82) is 0 Å². The van der Waals surface area contributed by atoms with Gasteiger partial charge >= 0.3 is 0 Å². The van der Waals surface area contributed by atoms with E-state index in [9.17, 15) is 4.79 Å². The molecule has 4 nitrogen and oxygen atoms in total. The Morgan fingerprint density at radius 1 is 1.18 bits per heavy atom. The number of benzene rings is 1. The molecular weight excluding hydrogens is 274 g/mol.